The van der Waals surface area contributed by atoms with E-state index in [0.29, 0.717) is 17.8 Å². The third-order valence-electron chi connectivity index (χ3n) is 5.53. The minimum absolute atomic E-state index is 0.0516. The van der Waals surface area contributed by atoms with Crippen molar-refractivity contribution in [1.82, 2.24) is 0 Å². The van der Waals surface area contributed by atoms with Crippen LogP contribution in [0.15, 0.2) is 65.6 Å². The Hall–Kier alpha value is -3.33. The van der Waals surface area contributed by atoms with Crippen LogP contribution in [-0.2, 0) is 27.7 Å². The number of hydrogen-bond acceptors (Lipinski definition) is 3. The molecule has 1 heterocycles. The van der Waals surface area contributed by atoms with Crippen molar-refractivity contribution in [2.24, 2.45) is 0 Å². The molecule has 0 saturated heterocycles. The molecule has 3 aromatic carbocycles. The number of aryl methyl sites for hydroxylation is 2. The quantitative estimate of drug-likeness (QED) is 0.521. The van der Waals surface area contributed by atoms with Crippen molar-refractivity contribution >= 4 is 27.3 Å². The highest BCUT2D eigenvalue weighted by molar-refractivity contribution is 7.92. The molecule has 4 rings (SSSR count). The zero-order valence-electron chi connectivity index (χ0n) is 17.5. The fourth-order valence-corrected chi connectivity index (χ4v) is 5.34. The van der Waals surface area contributed by atoms with Crippen LogP contribution in [0.5, 0.6) is 0 Å². The van der Waals surface area contributed by atoms with Crippen LogP contribution < -0.4 is 9.62 Å². The summed E-state index contributed by atoms with van der Waals surface area (Å²) in [5.74, 6) is -5.03. The van der Waals surface area contributed by atoms with Gasteiger partial charge in [-0.25, -0.2) is 21.6 Å². The first-order valence-electron chi connectivity index (χ1n) is 10.4. The predicted octanol–water partition coefficient (Wildman–Crippen LogP) is 4.82. The molecule has 0 aromatic heterocycles. The van der Waals surface area contributed by atoms with Gasteiger partial charge in [0.1, 0.15) is 0 Å². The molecule has 5 nitrogen and oxygen atoms in total. The van der Waals surface area contributed by atoms with Gasteiger partial charge in [-0.15, -0.1) is 0 Å². The molecule has 0 fully saturated rings. The second-order valence-corrected chi connectivity index (χ2v) is 9.59. The Labute approximate surface area is 189 Å². The highest BCUT2D eigenvalue weighted by Gasteiger charge is 2.28. The van der Waals surface area contributed by atoms with Gasteiger partial charge in [0.15, 0.2) is 17.5 Å². The normalized spacial score (nSPS) is 13.5. The molecule has 172 valence electrons. The number of rotatable bonds is 6. The summed E-state index contributed by atoms with van der Waals surface area (Å²) >= 11 is 0. The average Bonchev–Trinajstić information content (AvgIpc) is 2.83. The topological polar surface area (TPSA) is 66.5 Å². The smallest absolute Gasteiger partial charge is 0.264 e. The van der Waals surface area contributed by atoms with E-state index in [2.05, 4.69) is 5.32 Å². The molecule has 0 bridgehead atoms. The molecule has 9 heteroatoms. The fraction of sp³-hybridized carbons (Fsp3) is 0.208. The highest BCUT2D eigenvalue weighted by Crippen LogP contribution is 2.31. The van der Waals surface area contributed by atoms with E-state index in [4.69, 9.17) is 0 Å². The maximum absolute atomic E-state index is 13.7. The van der Waals surface area contributed by atoms with Crippen molar-refractivity contribution in [2.45, 2.75) is 30.6 Å². The molecule has 1 amide bonds. The number of sulfonamides is 1. The van der Waals surface area contributed by atoms with Gasteiger partial charge >= 0.3 is 0 Å². The van der Waals surface area contributed by atoms with E-state index in [0.717, 1.165) is 30.5 Å². The third-order valence-corrected chi connectivity index (χ3v) is 7.36. The summed E-state index contributed by atoms with van der Waals surface area (Å²) in [5, 5.41) is 2.21. The number of anilines is 2. The molecule has 33 heavy (non-hydrogen) atoms. The van der Waals surface area contributed by atoms with Crippen molar-refractivity contribution in [1.29, 1.82) is 0 Å². The molecular formula is C24H21F3N2O3S. The molecule has 0 radical (unpaired) electrons. The third kappa shape index (κ3) is 4.73. The number of carbonyl (C=O) groups excluding carboxylic acids is 1. The molecule has 0 atom stereocenters. The summed E-state index contributed by atoms with van der Waals surface area (Å²) in [5.41, 5.74) is 1.94. The number of halogens is 3. The summed E-state index contributed by atoms with van der Waals surface area (Å²) < 4.78 is 67.8. The monoisotopic (exact) mass is 474 g/mol. The SMILES string of the molecule is O=C(CCc1ccc(S(=O)(=O)N2CCCc3ccccc32)cc1)Nc1ccc(F)c(F)c1F. The number of carbonyl (C=O) groups is 1. The summed E-state index contributed by atoms with van der Waals surface area (Å²) in [4.78, 5) is 12.2. The zero-order chi connectivity index (χ0) is 23.6. The van der Waals surface area contributed by atoms with Gasteiger partial charge < -0.3 is 5.32 Å². The molecular weight excluding hydrogens is 453 g/mol. The van der Waals surface area contributed by atoms with E-state index >= 15 is 0 Å². The van der Waals surface area contributed by atoms with Crippen LogP contribution in [0.1, 0.15) is 24.0 Å². The van der Waals surface area contributed by atoms with E-state index in [-0.39, 0.29) is 17.7 Å². The lowest BCUT2D eigenvalue weighted by Gasteiger charge is -2.30. The number of hydrogen-bond donors (Lipinski definition) is 1. The van der Waals surface area contributed by atoms with Crippen LogP contribution in [0.25, 0.3) is 0 Å². The van der Waals surface area contributed by atoms with E-state index < -0.39 is 39.1 Å². The van der Waals surface area contributed by atoms with Crippen LogP contribution >= 0.6 is 0 Å². The second kappa shape index (κ2) is 9.27. The Bertz CT molecular complexity index is 1290. The lowest BCUT2D eigenvalue weighted by molar-refractivity contribution is -0.116. The summed E-state index contributed by atoms with van der Waals surface area (Å²) in [6.45, 7) is 0.405. The van der Waals surface area contributed by atoms with Crippen LogP contribution in [0.3, 0.4) is 0 Å². The van der Waals surface area contributed by atoms with Crippen LogP contribution in [0, 0.1) is 17.5 Å². The molecule has 0 unspecified atom stereocenters. The second-order valence-electron chi connectivity index (χ2n) is 7.72. The number of amides is 1. The molecule has 3 aromatic rings. The molecule has 1 N–H and O–H groups in total. The largest absolute Gasteiger partial charge is 0.323 e. The Morgan fingerprint density at radius 3 is 2.42 bits per heavy atom. The summed E-state index contributed by atoms with van der Waals surface area (Å²) in [6, 6.07) is 15.3. The number of benzene rings is 3. The van der Waals surface area contributed by atoms with Crippen LogP contribution in [0.4, 0.5) is 24.5 Å². The van der Waals surface area contributed by atoms with Gasteiger partial charge in [0.25, 0.3) is 10.0 Å². The van der Waals surface area contributed by atoms with Crippen LogP contribution in [0.2, 0.25) is 0 Å². The van der Waals surface area contributed by atoms with Crippen molar-refractivity contribution < 1.29 is 26.4 Å². The van der Waals surface area contributed by atoms with Crippen molar-refractivity contribution in [3.63, 3.8) is 0 Å². The van der Waals surface area contributed by atoms with E-state index in [1.807, 2.05) is 18.2 Å². The van der Waals surface area contributed by atoms with Crippen molar-refractivity contribution in [3.8, 4) is 0 Å². The predicted molar refractivity (Wildman–Crippen MR) is 119 cm³/mol. The van der Waals surface area contributed by atoms with Gasteiger partial charge in [0.2, 0.25) is 5.91 Å². The van der Waals surface area contributed by atoms with Crippen molar-refractivity contribution in [3.05, 3.63) is 89.2 Å². The van der Waals surface area contributed by atoms with Gasteiger partial charge in [-0.2, -0.15) is 0 Å². The maximum atomic E-state index is 13.7. The molecule has 0 spiro atoms. The van der Waals surface area contributed by atoms with Gasteiger partial charge in [0, 0.05) is 13.0 Å². The number of nitrogens with zero attached hydrogens (tertiary/aromatic N) is 1. The number of para-hydroxylation sites is 1. The molecule has 1 aliphatic rings. The van der Waals surface area contributed by atoms with E-state index in [1.54, 1.807) is 18.2 Å². The summed E-state index contributed by atoms with van der Waals surface area (Å²) in [7, 11) is -3.73. The van der Waals surface area contributed by atoms with E-state index in [9.17, 15) is 26.4 Å². The molecule has 0 aliphatic carbocycles. The average molecular weight is 475 g/mol. The Kier molecular flexibility index (Phi) is 6.42. The first kappa shape index (κ1) is 22.8. The van der Waals surface area contributed by atoms with Gasteiger partial charge in [0.05, 0.1) is 16.3 Å². The summed E-state index contributed by atoms with van der Waals surface area (Å²) in [6.07, 6.45) is 1.77. The van der Waals surface area contributed by atoms with Gasteiger partial charge in [-0.3, -0.25) is 9.10 Å². The number of nitrogens with one attached hydrogen (secondary N) is 1. The van der Waals surface area contributed by atoms with Crippen LogP contribution in [-0.4, -0.2) is 20.9 Å². The first-order valence-corrected chi connectivity index (χ1v) is 11.8. The minimum atomic E-state index is -3.73. The molecule has 1 aliphatic heterocycles. The lowest BCUT2D eigenvalue weighted by Crippen LogP contribution is -2.35. The van der Waals surface area contributed by atoms with E-state index in [1.165, 1.54) is 16.4 Å². The zero-order valence-corrected chi connectivity index (χ0v) is 18.3. The first-order chi connectivity index (χ1) is 15.8. The van der Waals surface area contributed by atoms with Gasteiger partial charge in [-0.05, 0) is 60.7 Å². The number of fused-ring (bicyclic) bond motifs is 1. The lowest BCUT2D eigenvalue weighted by atomic mass is 10.0. The standard InChI is InChI=1S/C24H21F3N2O3S/c25-19-12-13-20(24(27)23(19)26)28-22(30)14-9-16-7-10-18(11-8-16)33(31,32)29-15-3-5-17-4-1-2-6-21(17)29/h1-2,4,6-8,10-13H,3,5,9,14-15H2,(H,28,30). The Morgan fingerprint density at radius 1 is 0.939 bits per heavy atom. The Morgan fingerprint density at radius 2 is 1.67 bits per heavy atom. The maximum Gasteiger partial charge on any atom is 0.264 e. The Balaban J connectivity index is 1.42. The molecule has 0 saturated carbocycles. The fourth-order valence-electron chi connectivity index (χ4n) is 3.80. The van der Waals surface area contributed by atoms with Gasteiger partial charge in [-0.1, -0.05) is 30.3 Å². The minimum Gasteiger partial charge on any atom is -0.323 e. The highest BCUT2D eigenvalue weighted by atomic mass is 32.2. The van der Waals surface area contributed by atoms with Crippen molar-refractivity contribution in [2.75, 3.05) is 16.2 Å².